The van der Waals surface area contributed by atoms with Crippen molar-refractivity contribution >= 4 is 11.7 Å². The number of anilines is 1. The highest BCUT2D eigenvalue weighted by molar-refractivity contribution is 5.91. The number of urea groups is 1. The van der Waals surface area contributed by atoms with Crippen LogP contribution in [0.3, 0.4) is 0 Å². The fourth-order valence-electron chi connectivity index (χ4n) is 2.06. The highest BCUT2D eigenvalue weighted by atomic mass is 16.5. The van der Waals surface area contributed by atoms with Crippen LogP contribution in [0.5, 0.6) is 5.88 Å². The van der Waals surface area contributed by atoms with E-state index in [0.717, 1.165) is 5.56 Å². The summed E-state index contributed by atoms with van der Waals surface area (Å²) in [5, 5.41) is 9.80. The maximum Gasteiger partial charge on any atom is 0.319 e. The van der Waals surface area contributed by atoms with E-state index in [1.807, 2.05) is 38.1 Å². The second kappa shape index (κ2) is 6.30. The van der Waals surface area contributed by atoms with Crippen molar-refractivity contribution in [3.8, 4) is 5.88 Å². The number of methoxy groups -OCH3 is 1. The van der Waals surface area contributed by atoms with Crippen LogP contribution in [0.15, 0.2) is 24.3 Å². The van der Waals surface area contributed by atoms with Crippen LogP contribution >= 0.6 is 0 Å². The Balaban J connectivity index is 1.97. The van der Waals surface area contributed by atoms with Crippen molar-refractivity contribution in [2.24, 2.45) is 7.05 Å². The minimum Gasteiger partial charge on any atom is -0.480 e. The molecule has 0 spiro atoms. The summed E-state index contributed by atoms with van der Waals surface area (Å²) in [6, 6.07) is 7.73. The van der Waals surface area contributed by atoms with Crippen molar-refractivity contribution in [1.29, 1.82) is 0 Å². The first-order valence-electron chi connectivity index (χ1n) is 6.69. The van der Waals surface area contributed by atoms with Gasteiger partial charge in [-0.1, -0.05) is 29.8 Å². The van der Waals surface area contributed by atoms with Gasteiger partial charge in [0.1, 0.15) is 5.69 Å². The highest BCUT2D eigenvalue weighted by Gasteiger charge is 2.16. The lowest BCUT2D eigenvalue weighted by Gasteiger charge is -2.09. The molecule has 2 rings (SSSR count). The Morgan fingerprint density at radius 1 is 1.29 bits per heavy atom. The minimum atomic E-state index is -0.287. The lowest BCUT2D eigenvalue weighted by Crippen LogP contribution is -2.28. The van der Waals surface area contributed by atoms with Crippen LogP contribution in [-0.4, -0.2) is 22.9 Å². The minimum absolute atomic E-state index is 0.287. The number of carbonyl (C=O) groups is 1. The van der Waals surface area contributed by atoms with Crippen LogP contribution in [0.2, 0.25) is 0 Å². The van der Waals surface area contributed by atoms with Gasteiger partial charge in [-0.25, -0.2) is 9.48 Å². The molecule has 0 unspecified atom stereocenters. The van der Waals surface area contributed by atoms with Crippen molar-refractivity contribution < 1.29 is 9.53 Å². The molecule has 0 saturated carbocycles. The molecular formula is C15H20N4O2. The van der Waals surface area contributed by atoms with Crippen molar-refractivity contribution in [3.05, 3.63) is 41.1 Å². The van der Waals surface area contributed by atoms with Gasteiger partial charge in [-0.15, -0.1) is 0 Å². The van der Waals surface area contributed by atoms with Crippen LogP contribution < -0.4 is 15.4 Å². The molecule has 0 fully saturated rings. The number of aromatic nitrogens is 2. The predicted molar refractivity (Wildman–Crippen MR) is 81.5 cm³/mol. The normalized spacial score (nSPS) is 10.3. The Kier molecular flexibility index (Phi) is 4.47. The zero-order chi connectivity index (χ0) is 15.4. The fourth-order valence-corrected chi connectivity index (χ4v) is 2.06. The van der Waals surface area contributed by atoms with Crippen LogP contribution in [-0.2, 0) is 13.6 Å². The molecule has 2 N–H and O–H groups in total. The van der Waals surface area contributed by atoms with Crippen LogP contribution in [0, 0.1) is 13.8 Å². The van der Waals surface area contributed by atoms with Gasteiger partial charge in [0.15, 0.2) is 0 Å². The van der Waals surface area contributed by atoms with Gasteiger partial charge in [-0.2, -0.15) is 5.10 Å². The first-order chi connectivity index (χ1) is 10.0. The standard InChI is InChI=1S/C15H20N4O2/c1-10-5-7-12(8-6-10)9-16-15(20)17-13-11(2)18-19(3)14(13)21-4/h5-8H,9H2,1-4H3,(H2,16,17,20). The summed E-state index contributed by atoms with van der Waals surface area (Å²) in [6.07, 6.45) is 0. The molecule has 0 aliphatic carbocycles. The summed E-state index contributed by atoms with van der Waals surface area (Å²) in [5.74, 6) is 0.526. The van der Waals surface area contributed by atoms with E-state index >= 15 is 0 Å². The first kappa shape index (κ1) is 14.9. The van der Waals surface area contributed by atoms with E-state index in [9.17, 15) is 4.79 Å². The Morgan fingerprint density at radius 2 is 1.95 bits per heavy atom. The molecule has 1 aromatic heterocycles. The molecule has 2 amide bonds. The molecule has 0 bridgehead atoms. The molecule has 0 atom stereocenters. The van der Waals surface area contributed by atoms with Gasteiger partial charge in [-0.3, -0.25) is 0 Å². The monoisotopic (exact) mass is 288 g/mol. The number of aryl methyl sites for hydroxylation is 3. The first-order valence-corrected chi connectivity index (χ1v) is 6.69. The van der Waals surface area contributed by atoms with Gasteiger partial charge in [0.2, 0.25) is 5.88 Å². The van der Waals surface area contributed by atoms with Crippen molar-refractivity contribution in [2.75, 3.05) is 12.4 Å². The van der Waals surface area contributed by atoms with Gasteiger partial charge in [0.05, 0.1) is 12.8 Å². The van der Waals surface area contributed by atoms with Gasteiger partial charge < -0.3 is 15.4 Å². The number of nitrogens with one attached hydrogen (secondary N) is 2. The molecule has 6 nitrogen and oxygen atoms in total. The van der Waals surface area contributed by atoms with E-state index in [2.05, 4.69) is 15.7 Å². The summed E-state index contributed by atoms with van der Waals surface area (Å²) in [7, 11) is 3.31. The predicted octanol–water partition coefficient (Wildman–Crippen LogP) is 2.37. The van der Waals surface area contributed by atoms with Gasteiger partial charge >= 0.3 is 6.03 Å². The molecule has 21 heavy (non-hydrogen) atoms. The highest BCUT2D eigenvalue weighted by Crippen LogP contribution is 2.26. The summed E-state index contributed by atoms with van der Waals surface area (Å²) in [5.41, 5.74) is 3.53. The summed E-state index contributed by atoms with van der Waals surface area (Å²) in [4.78, 5) is 12.0. The molecule has 0 saturated heterocycles. The fraction of sp³-hybridized carbons (Fsp3) is 0.333. The van der Waals surface area contributed by atoms with Crippen LogP contribution in [0.25, 0.3) is 0 Å². The van der Waals surface area contributed by atoms with E-state index in [4.69, 9.17) is 4.74 Å². The maximum absolute atomic E-state index is 12.0. The molecule has 0 aliphatic rings. The number of benzene rings is 1. The average molecular weight is 288 g/mol. The molecule has 6 heteroatoms. The van der Waals surface area contributed by atoms with E-state index in [0.29, 0.717) is 23.8 Å². The maximum atomic E-state index is 12.0. The molecule has 0 radical (unpaired) electrons. The smallest absolute Gasteiger partial charge is 0.319 e. The van der Waals surface area contributed by atoms with Crippen molar-refractivity contribution in [3.63, 3.8) is 0 Å². The van der Waals surface area contributed by atoms with E-state index in [1.54, 1.807) is 18.8 Å². The largest absolute Gasteiger partial charge is 0.480 e. The Bertz CT molecular complexity index is 632. The molecule has 1 heterocycles. The second-order valence-corrected chi connectivity index (χ2v) is 4.89. The third-order valence-corrected chi connectivity index (χ3v) is 3.18. The summed E-state index contributed by atoms with van der Waals surface area (Å²) >= 11 is 0. The Labute approximate surface area is 124 Å². The summed E-state index contributed by atoms with van der Waals surface area (Å²) in [6.45, 7) is 4.31. The van der Waals surface area contributed by atoms with E-state index < -0.39 is 0 Å². The van der Waals surface area contributed by atoms with Gasteiger partial charge in [0.25, 0.3) is 0 Å². The topological polar surface area (TPSA) is 68.2 Å². The number of carbonyl (C=O) groups excluding carboxylic acids is 1. The van der Waals surface area contributed by atoms with Gasteiger partial charge in [0, 0.05) is 13.6 Å². The molecule has 2 aromatic rings. The summed E-state index contributed by atoms with van der Waals surface area (Å²) < 4.78 is 6.82. The van der Waals surface area contributed by atoms with Crippen LogP contribution in [0.1, 0.15) is 16.8 Å². The molecule has 0 aliphatic heterocycles. The third kappa shape index (κ3) is 3.53. The quantitative estimate of drug-likeness (QED) is 0.907. The number of nitrogens with zero attached hydrogens (tertiary/aromatic N) is 2. The lowest BCUT2D eigenvalue weighted by molar-refractivity contribution is 0.251. The van der Waals surface area contributed by atoms with E-state index in [1.165, 1.54) is 5.56 Å². The number of ether oxygens (including phenoxy) is 1. The Hall–Kier alpha value is -2.50. The number of hydrogen-bond donors (Lipinski definition) is 2. The zero-order valence-corrected chi connectivity index (χ0v) is 12.7. The van der Waals surface area contributed by atoms with Crippen molar-refractivity contribution in [2.45, 2.75) is 20.4 Å². The average Bonchev–Trinajstić information content (AvgIpc) is 2.72. The number of hydrogen-bond acceptors (Lipinski definition) is 3. The van der Waals surface area contributed by atoms with Crippen molar-refractivity contribution in [1.82, 2.24) is 15.1 Å². The third-order valence-electron chi connectivity index (χ3n) is 3.18. The number of rotatable bonds is 4. The SMILES string of the molecule is COc1c(NC(=O)NCc2ccc(C)cc2)c(C)nn1C. The second-order valence-electron chi connectivity index (χ2n) is 4.89. The van der Waals surface area contributed by atoms with Gasteiger partial charge in [-0.05, 0) is 19.4 Å². The molecule has 1 aromatic carbocycles. The number of amides is 2. The molecular weight excluding hydrogens is 268 g/mol. The Morgan fingerprint density at radius 3 is 2.57 bits per heavy atom. The zero-order valence-electron chi connectivity index (χ0n) is 12.7. The van der Waals surface area contributed by atoms with Crippen LogP contribution in [0.4, 0.5) is 10.5 Å². The van der Waals surface area contributed by atoms with E-state index in [-0.39, 0.29) is 6.03 Å². The molecule has 112 valence electrons. The lowest BCUT2D eigenvalue weighted by atomic mass is 10.1.